The summed E-state index contributed by atoms with van der Waals surface area (Å²) >= 11 is 5.83. The van der Waals surface area contributed by atoms with Crippen LogP contribution in [0, 0.1) is 6.92 Å². The molecule has 0 heterocycles. The van der Waals surface area contributed by atoms with E-state index in [4.69, 9.17) is 16.7 Å². The van der Waals surface area contributed by atoms with E-state index in [1.165, 1.54) is 0 Å². The van der Waals surface area contributed by atoms with E-state index in [2.05, 4.69) is 0 Å². The van der Waals surface area contributed by atoms with E-state index in [-0.39, 0.29) is 12.4 Å². The molecule has 0 saturated heterocycles. The van der Waals surface area contributed by atoms with Gasteiger partial charge < -0.3 is 10.2 Å². The van der Waals surface area contributed by atoms with Gasteiger partial charge in [-0.05, 0) is 43.0 Å². The highest BCUT2D eigenvalue weighted by atomic mass is 35.5. The van der Waals surface area contributed by atoms with Gasteiger partial charge in [0.25, 0.3) is 0 Å². The number of hydrogen-bond acceptors (Lipinski definition) is 2. The molecule has 0 amide bonds. The van der Waals surface area contributed by atoms with Gasteiger partial charge in [0.05, 0.1) is 0 Å². The van der Waals surface area contributed by atoms with Crippen molar-refractivity contribution in [1.82, 2.24) is 0 Å². The lowest BCUT2D eigenvalue weighted by atomic mass is 10.1. The largest absolute Gasteiger partial charge is 0.507 e. The smallest absolute Gasteiger partial charge is 0.121 e. The first-order valence-electron chi connectivity index (χ1n) is 4.24. The van der Waals surface area contributed by atoms with Gasteiger partial charge in [0.15, 0.2) is 0 Å². The van der Waals surface area contributed by atoms with Crippen molar-refractivity contribution in [1.29, 1.82) is 0 Å². The highest BCUT2D eigenvalue weighted by Crippen LogP contribution is 2.27. The van der Waals surface area contributed by atoms with E-state index in [1.807, 2.05) is 6.92 Å². The van der Waals surface area contributed by atoms with Crippen molar-refractivity contribution in [2.75, 3.05) is 6.61 Å². The van der Waals surface area contributed by atoms with Gasteiger partial charge in [-0.25, -0.2) is 0 Å². The van der Waals surface area contributed by atoms with Crippen molar-refractivity contribution >= 4 is 11.6 Å². The fraction of sp³-hybridized carbons (Fsp3) is 0.400. The van der Waals surface area contributed by atoms with Gasteiger partial charge in [0.2, 0.25) is 0 Å². The summed E-state index contributed by atoms with van der Waals surface area (Å²) in [5.74, 6) is 0.290. The van der Waals surface area contributed by atoms with Gasteiger partial charge >= 0.3 is 0 Å². The summed E-state index contributed by atoms with van der Waals surface area (Å²) in [6.45, 7) is 1.94. The zero-order valence-corrected chi connectivity index (χ0v) is 8.30. The van der Waals surface area contributed by atoms with Crippen LogP contribution in [0.25, 0.3) is 0 Å². The number of aliphatic hydroxyl groups is 1. The second-order valence-electron chi connectivity index (χ2n) is 3.06. The van der Waals surface area contributed by atoms with Crippen LogP contribution in [0.5, 0.6) is 5.75 Å². The molecule has 13 heavy (non-hydrogen) atoms. The van der Waals surface area contributed by atoms with E-state index in [0.29, 0.717) is 17.9 Å². The first-order chi connectivity index (χ1) is 6.15. The first kappa shape index (κ1) is 10.4. The number of rotatable bonds is 3. The molecule has 1 aromatic rings. The fourth-order valence-corrected chi connectivity index (χ4v) is 1.56. The molecule has 1 rings (SSSR count). The average Bonchev–Trinajstić information content (AvgIpc) is 2.09. The van der Waals surface area contributed by atoms with Crippen LogP contribution >= 0.6 is 11.6 Å². The summed E-state index contributed by atoms with van der Waals surface area (Å²) in [5.41, 5.74) is 1.58. The first-order valence-corrected chi connectivity index (χ1v) is 4.62. The van der Waals surface area contributed by atoms with Crippen LogP contribution in [0.1, 0.15) is 17.5 Å². The Hall–Kier alpha value is -0.730. The van der Waals surface area contributed by atoms with Crippen LogP contribution in [0.4, 0.5) is 0 Å². The Labute approximate surface area is 82.8 Å². The van der Waals surface area contributed by atoms with E-state index in [9.17, 15) is 5.11 Å². The Morgan fingerprint density at radius 1 is 1.38 bits per heavy atom. The second-order valence-corrected chi connectivity index (χ2v) is 3.49. The van der Waals surface area contributed by atoms with E-state index < -0.39 is 0 Å². The summed E-state index contributed by atoms with van der Waals surface area (Å²) in [5, 5.41) is 18.9. The molecular formula is C10H13ClO2. The number of phenolic OH excluding ortho intramolecular Hbond substituents is 1. The van der Waals surface area contributed by atoms with Crippen LogP contribution in [0.15, 0.2) is 12.1 Å². The molecule has 1 aromatic carbocycles. The van der Waals surface area contributed by atoms with Gasteiger partial charge in [-0.3, -0.25) is 0 Å². The molecular weight excluding hydrogens is 188 g/mol. The van der Waals surface area contributed by atoms with Gasteiger partial charge in [0, 0.05) is 11.6 Å². The lowest BCUT2D eigenvalue weighted by molar-refractivity contribution is 0.288. The van der Waals surface area contributed by atoms with Gasteiger partial charge in [-0.1, -0.05) is 11.6 Å². The molecule has 3 heteroatoms. The standard InChI is InChI=1S/C10H13ClO2/c1-7-5-9(11)6-8(10(7)13)3-2-4-12/h5-6,12-13H,2-4H2,1H3. The molecule has 2 N–H and O–H groups in total. The van der Waals surface area contributed by atoms with Crippen molar-refractivity contribution < 1.29 is 10.2 Å². The minimum absolute atomic E-state index is 0.130. The lowest BCUT2D eigenvalue weighted by Crippen LogP contribution is -1.91. The molecule has 0 radical (unpaired) electrons. The maximum Gasteiger partial charge on any atom is 0.121 e. The summed E-state index contributed by atoms with van der Waals surface area (Å²) in [6, 6.07) is 3.46. The summed E-state index contributed by atoms with van der Waals surface area (Å²) in [6.07, 6.45) is 1.30. The topological polar surface area (TPSA) is 40.5 Å². The number of aryl methyl sites for hydroxylation is 2. The normalized spacial score (nSPS) is 10.4. The number of aromatic hydroxyl groups is 1. The van der Waals surface area contributed by atoms with E-state index in [0.717, 1.165) is 11.1 Å². The van der Waals surface area contributed by atoms with E-state index in [1.54, 1.807) is 12.1 Å². The van der Waals surface area contributed by atoms with Gasteiger partial charge in [-0.15, -0.1) is 0 Å². The summed E-state index contributed by atoms with van der Waals surface area (Å²) in [4.78, 5) is 0. The molecule has 0 aromatic heterocycles. The lowest BCUT2D eigenvalue weighted by Gasteiger charge is -2.06. The van der Waals surface area contributed by atoms with Crippen LogP contribution in [0.3, 0.4) is 0 Å². The molecule has 0 fully saturated rings. The van der Waals surface area contributed by atoms with Crippen molar-refractivity contribution in [3.63, 3.8) is 0 Å². The molecule has 0 spiro atoms. The van der Waals surface area contributed by atoms with Crippen molar-refractivity contribution in [3.05, 3.63) is 28.3 Å². The minimum Gasteiger partial charge on any atom is -0.507 e. The third-order valence-corrected chi connectivity index (χ3v) is 2.17. The zero-order valence-electron chi connectivity index (χ0n) is 7.55. The summed E-state index contributed by atoms with van der Waals surface area (Å²) in [7, 11) is 0. The average molecular weight is 201 g/mol. The highest BCUT2D eigenvalue weighted by molar-refractivity contribution is 6.30. The van der Waals surface area contributed by atoms with Crippen molar-refractivity contribution in [3.8, 4) is 5.75 Å². The maximum absolute atomic E-state index is 9.61. The Morgan fingerprint density at radius 2 is 2.08 bits per heavy atom. The number of halogens is 1. The Balaban J connectivity index is 2.92. The molecule has 2 nitrogen and oxygen atoms in total. The van der Waals surface area contributed by atoms with Crippen LogP contribution in [-0.2, 0) is 6.42 Å². The molecule has 0 saturated carbocycles. The Bertz CT molecular complexity index is 297. The molecule has 0 aliphatic carbocycles. The van der Waals surface area contributed by atoms with Crippen molar-refractivity contribution in [2.24, 2.45) is 0 Å². The minimum atomic E-state index is 0.130. The summed E-state index contributed by atoms with van der Waals surface area (Å²) < 4.78 is 0. The van der Waals surface area contributed by atoms with Gasteiger partial charge in [-0.2, -0.15) is 0 Å². The monoisotopic (exact) mass is 200 g/mol. The van der Waals surface area contributed by atoms with Crippen LogP contribution in [-0.4, -0.2) is 16.8 Å². The third-order valence-electron chi connectivity index (χ3n) is 1.95. The number of aliphatic hydroxyl groups excluding tert-OH is 1. The molecule has 72 valence electrons. The number of phenols is 1. The number of hydrogen-bond donors (Lipinski definition) is 2. The molecule has 0 unspecified atom stereocenters. The maximum atomic E-state index is 9.61. The van der Waals surface area contributed by atoms with E-state index >= 15 is 0 Å². The predicted molar refractivity (Wildman–Crippen MR) is 53.3 cm³/mol. The fourth-order valence-electron chi connectivity index (χ4n) is 1.26. The Kier molecular flexibility index (Phi) is 3.58. The van der Waals surface area contributed by atoms with Crippen molar-refractivity contribution in [2.45, 2.75) is 19.8 Å². The molecule has 0 aliphatic rings. The van der Waals surface area contributed by atoms with Gasteiger partial charge in [0.1, 0.15) is 5.75 Å². The highest BCUT2D eigenvalue weighted by Gasteiger charge is 2.05. The van der Waals surface area contributed by atoms with Crippen LogP contribution < -0.4 is 0 Å². The molecule has 0 atom stereocenters. The molecule has 0 bridgehead atoms. The zero-order chi connectivity index (χ0) is 9.84. The van der Waals surface area contributed by atoms with Crippen LogP contribution in [0.2, 0.25) is 5.02 Å². The Morgan fingerprint density at radius 3 is 2.69 bits per heavy atom. The third kappa shape index (κ3) is 2.61. The predicted octanol–water partition coefficient (Wildman–Crippen LogP) is 2.28. The molecule has 0 aliphatic heterocycles. The SMILES string of the molecule is Cc1cc(Cl)cc(CCCO)c1O. The quantitative estimate of drug-likeness (QED) is 0.786. The second kappa shape index (κ2) is 4.49. The number of benzene rings is 1.